The van der Waals surface area contributed by atoms with Gasteiger partial charge in [0.05, 0.1) is 16.9 Å². The van der Waals surface area contributed by atoms with Crippen molar-refractivity contribution in [2.45, 2.75) is 58.5 Å². The Kier molecular flexibility index (Phi) is 5.18. The number of hydrogen-bond donors (Lipinski definition) is 0. The molecular weight excluding hydrogens is 349 g/mol. The van der Waals surface area contributed by atoms with Gasteiger partial charge >= 0.3 is 6.18 Å². The van der Waals surface area contributed by atoms with Gasteiger partial charge in [-0.15, -0.1) is 0 Å². The molecule has 0 amide bonds. The van der Waals surface area contributed by atoms with Crippen molar-refractivity contribution in [2.75, 3.05) is 0 Å². The van der Waals surface area contributed by atoms with Crippen molar-refractivity contribution >= 4 is 0 Å². The van der Waals surface area contributed by atoms with Crippen LogP contribution in [0.4, 0.5) is 13.2 Å². The Morgan fingerprint density at radius 1 is 0.963 bits per heavy atom. The van der Waals surface area contributed by atoms with Gasteiger partial charge in [-0.2, -0.15) is 18.4 Å². The molecule has 0 unspecified atom stereocenters. The van der Waals surface area contributed by atoms with E-state index < -0.39 is 17.0 Å². The number of hydrogen-bond acceptors (Lipinski definition) is 1. The highest BCUT2D eigenvalue weighted by Gasteiger charge is 2.48. The fourth-order valence-corrected chi connectivity index (χ4v) is 3.24. The van der Waals surface area contributed by atoms with E-state index >= 15 is 0 Å². The first kappa shape index (κ1) is 21.0. The van der Waals surface area contributed by atoms with E-state index in [1.54, 1.807) is 18.2 Å². The molecule has 1 aromatic carbocycles. The Labute approximate surface area is 159 Å². The molecule has 0 saturated carbocycles. The maximum absolute atomic E-state index is 13.4. The summed E-state index contributed by atoms with van der Waals surface area (Å²) in [4.78, 5) is 0. The van der Waals surface area contributed by atoms with Gasteiger partial charge < -0.3 is 0 Å². The van der Waals surface area contributed by atoms with Crippen LogP contribution in [0.15, 0.2) is 30.5 Å². The normalized spacial score (nSPS) is 12.8. The molecule has 5 heteroatoms. The Morgan fingerprint density at radius 2 is 1.56 bits per heavy atom. The first-order valence-corrected chi connectivity index (χ1v) is 8.82. The van der Waals surface area contributed by atoms with Crippen molar-refractivity contribution in [3.05, 3.63) is 52.7 Å². The summed E-state index contributed by atoms with van der Waals surface area (Å²) in [6.07, 6.45) is -2.38. The van der Waals surface area contributed by atoms with E-state index in [1.807, 2.05) is 51.6 Å². The van der Waals surface area contributed by atoms with Crippen molar-refractivity contribution in [3.63, 3.8) is 0 Å². The SMILES string of the molecule is Cc1cc(C(C)(C)C(F)(F)F)ccc1-c1cc(C)c(C(C)(C)C#N)c[n+]1C. The van der Waals surface area contributed by atoms with Crippen molar-refractivity contribution < 1.29 is 17.7 Å². The molecule has 0 N–H and O–H groups in total. The highest BCUT2D eigenvalue weighted by Crippen LogP contribution is 2.41. The quantitative estimate of drug-likeness (QED) is 0.657. The van der Waals surface area contributed by atoms with Crippen molar-refractivity contribution in [2.24, 2.45) is 7.05 Å². The average molecular weight is 375 g/mol. The zero-order valence-corrected chi connectivity index (χ0v) is 16.9. The van der Waals surface area contributed by atoms with Gasteiger partial charge in [0.15, 0.2) is 6.20 Å². The lowest BCUT2D eigenvalue weighted by Crippen LogP contribution is -2.36. The van der Waals surface area contributed by atoms with Crippen LogP contribution in [0.3, 0.4) is 0 Å². The van der Waals surface area contributed by atoms with Gasteiger partial charge in [-0.05, 0) is 64.3 Å². The Balaban J connectivity index is 2.58. The summed E-state index contributed by atoms with van der Waals surface area (Å²) >= 11 is 0. The Bertz CT molecular complexity index is 916. The van der Waals surface area contributed by atoms with E-state index in [9.17, 15) is 18.4 Å². The van der Waals surface area contributed by atoms with Gasteiger partial charge in [-0.25, -0.2) is 4.57 Å². The summed E-state index contributed by atoms with van der Waals surface area (Å²) in [6, 6.07) is 9.23. The second-order valence-electron chi connectivity index (χ2n) is 8.26. The van der Waals surface area contributed by atoms with Crippen LogP contribution in [-0.4, -0.2) is 6.18 Å². The molecule has 27 heavy (non-hydrogen) atoms. The third-order valence-corrected chi connectivity index (χ3v) is 5.37. The maximum atomic E-state index is 13.4. The van der Waals surface area contributed by atoms with Gasteiger partial charge in [-0.1, -0.05) is 12.1 Å². The van der Waals surface area contributed by atoms with Crippen molar-refractivity contribution in [3.8, 4) is 17.3 Å². The minimum atomic E-state index is -4.31. The van der Waals surface area contributed by atoms with Crippen LogP contribution < -0.4 is 4.57 Å². The van der Waals surface area contributed by atoms with E-state index in [0.717, 1.165) is 27.9 Å². The van der Waals surface area contributed by atoms with Gasteiger partial charge in [0.2, 0.25) is 5.69 Å². The summed E-state index contributed by atoms with van der Waals surface area (Å²) < 4.78 is 42.0. The fraction of sp³-hybridized carbons (Fsp3) is 0.455. The third-order valence-electron chi connectivity index (χ3n) is 5.37. The number of aryl methyl sites for hydroxylation is 3. The smallest absolute Gasteiger partial charge is 0.201 e. The molecular formula is C22H26F3N2+. The first-order chi connectivity index (χ1) is 12.2. The van der Waals surface area contributed by atoms with Gasteiger partial charge in [0, 0.05) is 17.2 Å². The number of rotatable bonds is 3. The van der Waals surface area contributed by atoms with Crippen LogP contribution in [0.2, 0.25) is 0 Å². The second kappa shape index (κ2) is 6.67. The fourth-order valence-electron chi connectivity index (χ4n) is 3.24. The maximum Gasteiger partial charge on any atom is 0.397 e. The molecule has 144 valence electrons. The van der Waals surface area contributed by atoms with E-state index in [4.69, 9.17) is 0 Å². The van der Waals surface area contributed by atoms with Crippen LogP contribution in [-0.2, 0) is 17.9 Å². The Morgan fingerprint density at radius 3 is 2.04 bits per heavy atom. The first-order valence-electron chi connectivity index (χ1n) is 8.82. The van der Waals surface area contributed by atoms with E-state index in [1.165, 1.54) is 13.8 Å². The molecule has 0 spiro atoms. The van der Waals surface area contributed by atoms with Crippen LogP contribution in [0, 0.1) is 25.2 Å². The minimum Gasteiger partial charge on any atom is -0.201 e. The molecule has 2 aromatic rings. The van der Waals surface area contributed by atoms with Crippen molar-refractivity contribution in [1.29, 1.82) is 5.26 Å². The topological polar surface area (TPSA) is 27.7 Å². The van der Waals surface area contributed by atoms with Gasteiger partial charge in [0.25, 0.3) is 0 Å². The zero-order chi connectivity index (χ0) is 20.8. The molecule has 0 aliphatic carbocycles. The van der Waals surface area contributed by atoms with Gasteiger partial charge in [-0.3, -0.25) is 0 Å². The molecule has 0 atom stereocenters. The average Bonchev–Trinajstić information content (AvgIpc) is 2.55. The van der Waals surface area contributed by atoms with Crippen LogP contribution in [0.1, 0.15) is 49.9 Å². The molecule has 0 fully saturated rings. The number of alkyl halides is 3. The van der Waals surface area contributed by atoms with Crippen LogP contribution in [0.25, 0.3) is 11.3 Å². The van der Waals surface area contributed by atoms with E-state index in [0.29, 0.717) is 0 Å². The lowest BCUT2D eigenvalue weighted by Gasteiger charge is -2.28. The van der Waals surface area contributed by atoms with E-state index in [2.05, 4.69) is 6.07 Å². The van der Waals surface area contributed by atoms with E-state index in [-0.39, 0.29) is 5.56 Å². The highest BCUT2D eigenvalue weighted by molar-refractivity contribution is 5.63. The number of nitrogens with zero attached hydrogens (tertiary/aromatic N) is 2. The number of nitriles is 1. The lowest BCUT2D eigenvalue weighted by atomic mass is 9.81. The van der Waals surface area contributed by atoms with Gasteiger partial charge in [0.1, 0.15) is 7.05 Å². The number of pyridine rings is 1. The zero-order valence-electron chi connectivity index (χ0n) is 16.9. The number of halogens is 3. The summed E-state index contributed by atoms with van der Waals surface area (Å²) in [5, 5.41) is 9.41. The molecule has 0 bridgehead atoms. The molecule has 0 radical (unpaired) electrons. The summed E-state index contributed by atoms with van der Waals surface area (Å²) in [7, 11) is 1.89. The molecule has 0 saturated heterocycles. The molecule has 1 aromatic heterocycles. The van der Waals surface area contributed by atoms with Crippen LogP contribution in [0.5, 0.6) is 0 Å². The molecule has 1 heterocycles. The Hall–Kier alpha value is -2.35. The highest BCUT2D eigenvalue weighted by atomic mass is 19.4. The van der Waals surface area contributed by atoms with Crippen molar-refractivity contribution in [1.82, 2.24) is 0 Å². The molecule has 0 aliphatic rings. The number of benzene rings is 1. The standard InChI is InChI=1S/C22H26F3N2/c1-14-10-16(21(5,6)22(23,24)25)8-9-17(14)19-11-15(2)18(12-27(19)7)20(3,4)13-26/h8-12H,1-7H3/q+1. The molecule has 0 aliphatic heterocycles. The predicted octanol–water partition coefficient (Wildman–Crippen LogP) is 5.44. The second-order valence-corrected chi connectivity index (χ2v) is 8.26. The summed E-state index contributed by atoms with van der Waals surface area (Å²) in [6.45, 7) is 9.92. The molecule has 2 rings (SSSR count). The van der Waals surface area contributed by atoms with Crippen LogP contribution >= 0.6 is 0 Å². The minimum absolute atomic E-state index is 0.248. The summed E-state index contributed by atoms with van der Waals surface area (Å²) in [5.74, 6) is 0. The predicted molar refractivity (Wildman–Crippen MR) is 100 cm³/mol. The molecule has 2 nitrogen and oxygen atoms in total. The largest absolute Gasteiger partial charge is 0.397 e. The number of aromatic nitrogens is 1. The third kappa shape index (κ3) is 3.71. The lowest BCUT2D eigenvalue weighted by molar-refractivity contribution is -0.661. The monoisotopic (exact) mass is 375 g/mol. The summed E-state index contributed by atoms with van der Waals surface area (Å²) in [5.41, 5.74) is 2.20.